The van der Waals surface area contributed by atoms with Crippen LogP contribution in [-0.4, -0.2) is 66.4 Å². The first-order valence-electron chi connectivity index (χ1n) is 16.1. The molecule has 7 nitrogen and oxygen atoms in total. The molecule has 3 aromatic carbocycles. The summed E-state index contributed by atoms with van der Waals surface area (Å²) in [4.78, 5) is 43.5. The minimum atomic E-state index is -0.860. The number of likely N-dealkylation sites (N-methyl/N-ethyl adjacent to an activating group) is 1. The lowest BCUT2D eigenvalue weighted by Crippen LogP contribution is -2.52. The van der Waals surface area contributed by atoms with Crippen LogP contribution in [0.4, 0.5) is 0 Å². The second-order valence-electron chi connectivity index (χ2n) is 13.2. The third-order valence-corrected chi connectivity index (χ3v) is 8.90. The number of piperidine rings is 1. The molecule has 0 aromatic heterocycles. The average Bonchev–Trinajstić information content (AvgIpc) is 3.00. The number of esters is 1. The van der Waals surface area contributed by atoms with Crippen LogP contribution in [0, 0.1) is 5.41 Å². The van der Waals surface area contributed by atoms with Crippen LogP contribution in [0.3, 0.4) is 0 Å². The van der Waals surface area contributed by atoms with Gasteiger partial charge in [0.2, 0.25) is 11.8 Å². The van der Waals surface area contributed by atoms with E-state index < -0.39 is 11.0 Å². The summed E-state index contributed by atoms with van der Waals surface area (Å²) in [6.07, 6.45) is 3.99. The molecule has 1 atom stereocenters. The van der Waals surface area contributed by atoms with Gasteiger partial charge in [-0.25, -0.2) is 0 Å². The van der Waals surface area contributed by atoms with Gasteiger partial charge in [-0.1, -0.05) is 79.2 Å². The van der Waals surface area contributed by atoms with E-state index in [-0.39, 0.29) is 36.9 Å². The molecule has 0 aliphatic carbocycles. The second-order valence-corrected chi connectivity index (χ2v) is 13.2. The largest absolute Gasteiger partial charge is 0.466 e. The van der Waals surface area contributed by atoms with Crippen molar-refractivity contribution in [3.05, 3.63) is 95.1 Å². The Labute approximate surface area is 268 Å². The van der Waals surface area contributed by atoms with E-state index in [2.05, 4.69) is 55.5 Å². The fourth-order valence-electron chi connectivity index (χ4n) is 6.70. The molecule has 7 heteroatoms. The molecule has 45 heavy (non-hydrogen) atoms. The van der Waals surface area contributed by atoms with Crippen LogP contribution >= 0.6 is 0 Å². The molecule has 1 unspecified atom stereocenters. The van der Waals surface area contributed by atoms with Gasteiger partial charge in [0.25, 0.3) is 0 Å². The van der Waals surface area contributed by atoms with E-state index in [1.807, 2.05) is 45.9 Å². The Morgan fingerprint density at radius 1 is 0.978 bits per heavy atom. The Kier molecular flexibility index (Phi) is 10.9. The van der Waals surface area contributed by atoms with Gasteiger partial charge in [0.1, 0.15) is 0 Å². The van der Waals surface area contributed by atoms with Crippen molar-refractivity contribution in [1.82, 2.24) is 9.80 Å². The molecule has 1 heterocycles. The molecule has 2 N–H and O–H groups in total. The van der Waals surface area contributed by atoms with Crippen LogP contribution in [0.25, 0.3) is 10.8 Å². The van der Waals surface area contributed by atoms with E-state index >= 15 is 0 Å². The SMILES string of the molecule is CCOC(=O)C1(C(c2ccccc2)c2ccc3ccc(CC)cc3c2)CCN(C(=O)CN(C)C(=O)/C=C(\C)CC(C)(C)N)CC1. The molecular weight excluding hydrogens is 562 g/mol. The first-order valence-corrected chi connectivity index (χ1v) is 16.1. The van der Waals surface area contributed by atoms with Gasteiger partial charge in [0.05, 0.1) is 18.6 Å². The highest BCUT2D eigenvalue weighted by Crippen LogP contribution is 2.49. The standard InChI is InChI=1S/C38H49N3O4/c1-7-28-14-15-29-16-17-31(24-32(29)23-28)35(30-12-10-9-11-13-30)38(36(44)45-8-2)18-20-41(21-19-38)34(43)26-40(6)33(42)22-27(3)25-37(4,5)39/h9-17,22-24,35H,7-8,18-21,25-26,39H2,1-6H3/b27-22+. The molecule has 2 amide bonds. The summed E-state index contributed by atoms with van der Waals surface area (Å²) >= 11 is 0. The van der Waals surface area contributed by atoms with E-state index in [0.29, 0.717) is 32.4 Å². The molecule has 1 aliphatic rings. The van der Waals surface area contributed by atoms with Crippen molar-refractivity contribution in [3.63, 3.8) is 0 Å². The molecule has 1 saturated heterocycles. The normalized spacial score (nSPS) is 15.9. The van der Waals surface area contributed by atoms with Gasteiger partial charge in [-0.3, -0.25) is 14.4 Å². The zero-order chi connectivity index (χ0) is 32.8. The fraction of sp³-hybridized carbons (Fsp3) is 0.447. The summed E-state index contributed by atoms with van der Waals surface area (Å²) in [5, 5.41) is 2.30. The summed E-state index contributed by atoms with van der Waals surface area (Å²) in [5.74, 6) is -0.852. The number of nitrogens with zero attached hydrogens (tertiary/aromatic N) is 2. The average molecular weight is 612 g/mol. The molecule has 240 valence electrons. The molecular formula is C38H49N3O4. The van der Waals surface area contributed by atoms with Crippen molar-refractivity contribution >= 4 is 28.6 Å². The van der Waals surface area contributed by atoms with Gasteiger partial charge in [0, 0.05) is 37.7 Å². The Bertz CT molecular complexity index is 1530. The molecule has 0 bridgehead atoms. The predicted molar refractivity (Wildman–Crippen MR) is 181 cm³/mol. The van der Waals surface area contributed by atoms with Gasteiger partial charge in [-0.15, -0.1) is 0 Å². The number of hydrogen-bond donors (Lipinski definition) is 1. The van der Waals surface area contributed by atoms with Crippen molar-refractivity contribution in [1.29, 1.82) is 0 Å². The summed E-state index contributed by atoms with van der Waals surface area (Å²) in [6, 6.07) is 23.2. The number of hydrogen-bond acceptors (Lipinski definition) is 5. The Balaban J connectivity index is 1.62. The highest BCUT2D eigenvalue weighted by atomic mass is 16.5. The lowest BCUT2D eigenvalue weighted by atomic mass is 9.63. The maximum atomic E-state index is 14.0. The van der Waals surface area contributed by atoms with E-state index in [0.717, 1.165) is 33.9 Å². The Morgan fingerprint density at radius 3 is 2.27 bits per heavy atom. The number of nitrogens with two attached hydrogens (primary N) is 1. The smallest absolute Gasteiger partial charge is 0.313 e. The third kappa shape index (κ3) is 8.20. The topological polar surface area (TPSA) is 92.9 Å². The van der Waals surface area contributed by atoms with Crippen molar-refractivity contribution in [2.75, 3.05) is 33.3 Å². The highest BCUT2D eigenvalue weighted by Gasteiger charge is 2.50. The van der Waals surface area contributed by atoms with Crippen LogP contribution in [0.1, 0.15) is 76.5 Å². The maximum Gasteiger partial charge on any atom is 0.313 e. The Morgan fingerprint density at radius 2 is 1.64 bits per heavy atom. The van der Waals surface area contributed by atoms with E-state index in [9.17, 15) is 14.4 Å². The molecule has 0 radical (unpaired) electrons. The minimum Gasteiger partial charge on any atom is -0.466 e. The van der Waals surface area contributed by atoms with Crippen molar-refractivity contribution in [2.45, 2.75) is 71.8 Å². The molecule has 1 fully saturated rings. The predicted octanol–water partition coefficient (Wildman–Crippen LogP) is 6.24. The summed E-state index contributed by atoms with van der Waals surface area (Å²) in [5.41, 5.74) is 9.06. The lowest BCUT2D eigenvalue weighted by molar-refractivity contribution is -0.161. The zero-order valence-corrected chi connectivity index (χ0v) is 27.8. The number of aryl methyl sites for hydroxylation is 1. The number of carbonyl (C=O) groups is 3. The van der Waals surface area contributed by atoms with Crippen molar-refractivity contribution < 1.29 is 19.1 Å². The molecule has 1 aliphatic heterocycles. The van der Waals surface area contributed by atoms with Crippen molar-refractivity contribution in [2.24, 2.45) is 11.1 Å². The summed E-state index contributed by atoms with van der Waals surface area (Å²) < 4.78 is 5.79. The minimum absolute atomic E-state index is 0.0341. The Hall–Kier alpha value is -3.97. The van der Waals surface area contributed by atoms with E-state index in [1.54, 1.807) is 18.0 Å². The van der Waals surface area contributed by atoms with Crippen LogP contribution < -0.4 is 5.73 Å². The second kappa shape index (κ2) is 14.4. The number of likely N-dealkylation sites (tertiary alicyclic amines) is 1. The maximum absolute atomic E-state index is 14.0. The van der Waals surface area contributed by atoms with Crippen LogP contribution in [0.2, 0.25) is 0 Å². The number of benzene rings is 3. The zero-order valence-electron chi connectivity index (χ0n) is 27.8. The first-order chi connectivity index (χ1) is 21.4. The quantitative estimate of drug-likeness (QED) is 0.205. The van der Waals surface area contributed by atoms with Gasteiger partial charge < -0.3 is 20.3 Å². The van der Waals surface area contributed by atoms with Gasteiger partial charge in [0.15, 0.2) is 0 Å². The number of carbonyl (C=O) groups excluding carboxylic acids is 3. The highest BCUT2D eigenvalue weighted by molar-refractivity contribution is 5.92. The monoisotopic (exact) mass is 611 g/mol. The number of rotatable bonds is 11. The third-order valence-electron chi connectivity index (χ3n) is 8.90. The molecule has 0 spiro atoms. The number of ether oxygens (including phenoxy) is 1. The van der Waals surface area contributed by atoms with E-state index in [1.165, 1.54) is 10.5 Å². The number of amides is 2. The van der Waals surface area contributed by atoms with Gasteiger partial charge in [-0.05, 0) is 80.8 Å². The van der Waals surface area contributed by atoms with Gasteiger partial charge in [-0.2, -0.15) is 0 Å². The number of fused-ring (bicyclic) bond motifs is 1. The van der Waals surface area contributed by atoms with Crippen molar-refractivity contribution in [3.8, 4) is 0 Å². The van der Waals surface area contributed by atoms with Gasteiger partial charge >= 0.3 is 5.97 Å². The van der Waals surface area contributed by atoms with Crippen LogP contribution in [0.15, 0.2) is 78.4 Å². The van der Waals surface area contributed by atoms with Crippen LogP contribution in [0.5, 0.6) is 0 Å². The fourth-order valence-corrected chi connectivity index (χ4v) is 6.70. The van der Waals surface area contributed by atoms with Crippen LogP contribution in [-0.2, 0) is 25.5 Å². The lowest BCUT2D eigenvalue weighted by Gasteiger charge is -2.45. The molecule has 3 aromatic rings. The summed E-state index contributed by atoms with van der Waals surface area (Å²) in [7, 11) is 1.64. The molecule has 4 rings (SSSR count). The summed E-state index contributed by atoms with van der Waals surface area (Å²) in [6.45, 7) is 10.7. The molecule has 0 saturated carbocycles. The first kappa shape index (κ1) is 33.9. The van der Waals surface area contributed by atoms with E-state index in [4.69, 9.17) is 10.5 Å².